The molecule has 1 fully saturated rings. The van der Waals surface area contributed by atoms with Crippen molar-refractivity contribution in [1.82, 2.24) is 15.5 Å². The van der Waals surface area contributed by atoms with Crippen LogP contribution in [0.4, 0.5) is 5.69 Å². The summed E-state index contributed by atoms with van der Waals surface area (Å²) in [6.45, 7) is 4.67. The number of likely N-dealkylation sites (N-methyl/N-ethyl adjacent to an activating group) is 1. The van der Waals surface area contributed by atoms with Crippen LogP contribution in [0.15, 0.2) is 59.6 Å². The first-order chi connectivity index (χ1) is 14.5. The number of guanidine groups is 1. The van der Waals surface area contributed by atoms with Gasteiger partial charge in [0.15, 0.2) is 5.96 Å². The standard InChI is InChI=1S/C24H33N5O.HI/c1-4-25-23(27-18-24(13-14-24)20-10-6-5-7-11-20)26-16-19-9-8-12-21(15-19)28-22(30)17-29(2)3;/h5-12,15H,4,13-14,16-18H2,1-3H3,(H,28,30)(H2,25,26,27);1H. The summed E-state index contributed by atoms with van der Waals surface area (Å²) < 4.78 is 0. The molecule has 3 N–H and O–H groups in total. The van der Waals surface area contributed by atoms with E-state index in [1.807, 2.05) is 43.3 Å². The quantitative estimate of drug-likeness (QED) is 0.261. The Morgan fingerprint density at radius 1 is 1.06 bits per heavy atom. The fraction of sp³-hybridized carbons (Fsp3) is 0.417. The summed E-state index contributed by atoms with van der Waals surface area (Å²) in [6.07, 6.45) is 2.41. The summed E-state index contributed by atoms with van der Waals surface area (Å²) in [4.78, 5) is 18.6. The van der Waals surface area contributed by atoms with Crippen molar-refractivity contribution in [3.8, 4) is 0 Å². The summed E-state index contributed by atoms with van der Waals surface area (Å²) in [5, 5.41) is 9.80. The molecule has 0 saturated heterocycles. The first-order valence-corrected chi connectivity index (χ1v) is 10.6. The minimum absolute atomic E-state index is 0. The van der Waals surface area contributed by atoms with E-state index >= 15 is 0 Å². The van der Waals surface area contributed by atoms with E-state index < -0.39 is 0 Å². The van der Waals surface area contributed by atoms with Crippen LogP contribution in [0.5, 0.6) is 0 Å². The zero-order valence-electron chi connectivity index (χ0n) is 18.6. The Balaban J connectivity index is 0.00000341. The first-order valence-electron chi connectivity index (χ1n) is 10.6. The number of rotatable bonds is 9. The van der Waals surface area contributed by atoms with Crippen LogP contribution in [-0.4, -0.2) is 50.5 Å². The molecular formula is C24H34IN5O. The Morgan fingerprint density at radius 3 is 2.45 bits per heavy atom. The van der Waals surface area contributed by atoms with Crippen LogP contribution in [0.25, 0.3) is 0 Å². The summed E-state index contributed by atoms with van der Waals surface area (Å²) >= 11 is 0. The Bertz CT molecular complexity index is 865. The largest absolute Gasteiger partial charge is 0.357 e. The lowest BCUT2D eigenvalue weighted by atomic mass is 9.96. The maximum absolute atomic E-state index is 12.0. The average Bonchev–Trinajstić information content (AvgIpc) is 3.51. The lowest BCUT2D eigenvalue weighted by Crippen LogP contribution is -2.41. The van der Waals surface area contributed by atoms with Crippen molar-refractivity contribution in [2.24, 2.45) is 4.99 Å². The third kappa shape index (κ3) is 7.81. The van der Waals surface area contributed by atoms with Crippen molar-refractivity contribution in [3.63, 3.8) is 0 Å². The number of amides is 1. The maximum Gasteiger partial charge on any atom is 0.238 e. The van der Waals surface area contributed by atoms with Crippen molar-refractivity contribution in [2.75, 3.05) is 39.0 Å². The van der Waals surface area contributed by atoms with Crippen LogP contribution >= 0.6 is 24.0 Å². The molecule has 1 amide bonds. The van der Waals surface area contributed by atoms with Crippen LogP contribution in [-0.2, 0) is 16.8 Å². The van der Waals surface area contributed by atoms with Crippen molar-refractivity contribution in [1.29, 1.82) is 0 Å². The normalized spacial score (nSPS) is 14.5. The van der Waals surface area contributed by atoms with E-state index in [1.165, 1.54) is 18.4 Å². The number of carbonyl (C=O) groups is 1. The second-order valence-electron chi connectivity index (χ2n) is 8.18. The van der Waals surface area contributed by atoms with Crippen LogP contribution in [0.3, 0.4) is 0 Å². The molecule has 1 aliphatic rings. The van der Waals surface area contributed by atoms with E-state index in [-0.39, 0.29) is 35.3 Å². The van der Waals surface area contributed by atoms with Crippen molar-refractivity contribution < 1.29 is 4.79 Å². The van der Waals surface area contributed by atoms with Crippen LogP contribution in [0, 0.1) is 0 Å². The van der Waals surface area contributed by atoms with Gasteiger partial charge in [-0.2, -0.15) is 0 Å². The molecule has 0 aliphatic heterocycles. The molecular weight excluding hydrogens is 501 g/mol. The Morgan fingerprint density at radius 2 is 1.81 bits per heavy atom. The lowest BCUT2D eigenvalue weighted by molar-refractivity contribution is -0.116. The number of carbonyl (C=O) groups excluding carboxylic acids is 1. The molecule has 0 spiro atoms. The molecule has 31 heavy (non-hydrogen) atoms. The van der Waals surface area contributed by atoms with Gasteiger partial charge in [0.1, 0.15) is 0 Å². The van der Waals surface area contributed by atoms with E-state index in [2.05, 4.69) is 53.2 Å². The molecule has 7 heteroatoms. The number of aliphatic imine (C=N–C) groups is 1. The topological polar surface area (TPSA) is 68.8 Å². The van der Waals surface area contributed by atoms with E-state index in [1.54, 1.807) is 0 Å². The van der Waals surface area contributed by atoms with Crippen LogP contribution in [0.1, 0.15) is 30.9 Å². The second kappa shape index (κ2) is 12.0. The summed E-state index contributed by atoms with van der Waals surface area (Å²) in [5.74, 6) is 0.799. The average molecular weight is 535 g/mol. The summed E-state index contributed by atoms with van der Waals surface area (Å²) in [5.41, 5.74) is 3.48. The van der Waals surface area contributed by atoms with E-state index in [4.69, 9.17) is 4.99 Å². The highest BCUT2D eigenvalue weighted by atomic mass is 127. The minimum atomic E-state index is -0.0219. The number of hydrogen-bond acceptors (Lipinski definition) is 3. The van der Waals surface area contributed by atoms with Gasteiger partial charge in [0.2, 0.25) is 5.91 Å². The Kier molecular flexibility index (Phi) is 9.77. The number of hydrogen-bond donors (Lipinski definition) is 3. The molecule has 0 bridgehead atoms. The van der Waals surface area contributed by atoms with Gasteiger partial charge in [0.05, 0.1) is 13.1 Å². The van der Waals surface area contributed by atoms with Gasteiger partial charge in [-0.25, -0.2) is 4.99 Å². The van der Waals surface area contributed by atoms with Gasteiger partial charge < -0.3 is 20.9 Å². The first kappa shape index (κ1) is 25.1. The molecule has 6 nitrogen and oxygen atoms in total. The van der Waals surface area contributed by atoms with E-state index in [0.717, 1.165) is 30.3 Å². The van der Waals surface area contributed by atoms with Gasteiger partial charge in [-0.3, -0.25) is 4.79 Å². The molecule has 1 aliphatic carbocycles. The highest BCUT2D eigenvalue weighted by molar-refractivity contribution is 14.0. The van der Waals surface area contributed by atoms with Crippen LogP contribution < -0.4 is 16.0 Å². The molecule has 0 radical (unpaired) electrons. The third-order valence-corrected chi connectivity index (χ3v) is 5.27. The molecule has 2 aromatic carbocycles. The molecule has 168 valence electrons. The van der Waals surface area contributed by atoms with Crippen LogP contribution in [0.2, 0.25) is 0 Å². The van der Waals surface area contributed by atoms with E-state index in [9.17, 15) is 4.79 Å². The highest BCUT2D eigenvalue weighted by Crippen LogP contribution is 2.47. The zero-order valence-corrected chi connectivity index (χ0v) is 21.0. The number of nitrogens with one attached hydrogen (secondary N) is 3. The van der Waals surface area contributed by atoms with Gasteiger partial charge in [-0.15, -0.1) is 24.0 Å². The van der Waals surface area contributed by atoms with Gasteiger partial charge in [-0.05, 0) is 57.1 Å². The van der Waals surface area contributed by atoms with Gasteiger partial charge in [-0.1, -0.05) is 42.5 Å². The van der Waals surface area contributed by atoms with Crippen molar-refractivity contribution >= 4 is 41.5 Å². The predicted molar refractivity (Wildman–Crippen MR) is 139 cm³/mol. The molecule has 2 aromatic rings. The molecule has 1 saturated carbocycles. The highest BCUT2D eigenvalue weighted by Gasteiger charge is 2.43. The molecule has 0 aromatic heterocycles. The minimum Gasteiger partial charge on any atom is -0.357 e. The third-order valence-electron chi connectivity index (χ3n) is 5.27. The molecule has 0 unspecified atom stereocenters. The van der Waals surface area contributed by atoms with Gasteiger partial charge in [0.25, 0.3) is 0 Å². The lowest BCUT2D eigenvalue weighted by Gasteiger charge is -2.19. The number of nitrogens with zero attached hydrogens (tertiary/aromatic N) is 2. The fourth-order valence-electron chi connectivity index (χ4n) is 3.51. The number of halogens is 1. The molecule has 0 atom stereocenters. The second-order valence-corrected chi connectivity index (χ2v) is 8.18. The van der Waals surface area contributed by atoms with Crippen molar-refractivity contribution in [2.45, 2.75) is 31.7 Å². The maximum atomic E-state index is 12.0. The zero-order chi connectivity index (χ0) is 21.4. The fourth-order valence-corrected chi connectivity index (χ4v) is 3.51. The summed E-state index contributed by atoms with van der Waals surface area (Å²) in [7, 11) is 3.76. The van der Waals surface area contributed by atoms with Gasteiger partial charge >= 0.3 is 0 Å². The number of benzene rings is 2. The summed E-state index contributed by atoms with van der Waals surface area (Å²) in [6, 6.07) is 18.6. The predicted octanol–water partition coefficient (Wildman–Crippen LogP) is 3.59. The Labute approximate surface area is 202 Å². The Hall–Kier alpha value is -2.13. The molecule has 3 rings (SSSR count). The SMILES string of the molecule is CCNC(=NCc1cccc(NC(=O)CN(C)C)c1)NCC1(c2ccccc2)CC1.I. The molecule has 0 heterocycles. The smallest absolute Gasteiger partial charge is 0.238 e. The van der Waals surface area contributed by atoms with Crippen molar-refractivity contribution in [3.05, 3.63) is 65.7 Å². The van der Waals surface area contributed by atoms with Gasteiger partial charge in [0, 0.05) is 24.2 Å². The number of anilines is 1. The van der Waals surface area contributed by atoms with E-state index in [0.29, 0.717) is 13.1 Å². The monoisotopic (exact) mass is 535 g/mol.